The van der Waals surface area contributed by atoms with Gasteiger partial charge in [-0.05, 0) is 24.6 Å². The zero-order valence-electron chi connectivity index (χ0n) is 14.0. The molecule has 0 bridgehead atoms. The standard InChI is InChI=1S/C17H23NO6/c1-3-4-8-24-13-6-5-12(10-14(13)22-2)15(19)18-17(16(20)21)7-9-23-11-17/h5-6,10H,3-4,7-9,11H2,1-2H3,(H,18,19)(H,20,21). The molecule has 24 heavy (non-hydrogen) atoms. The van der Waals surface area contributed by atoms with Crippen molar-refractivity contribution in [2.75, 3.05) is 26.9 Å². The summed E-state index contributed by atoms with van der Waals surface area (Å²) in [4.78, 5) is 23.9. The number of benzene rings is 1. The van der Waals surface area contributed by atoms with Gasteiger partial charge in [0.05, 0.1) is 20.3 Å². The Morgan fingerprint density at radius 3 is 2.75 bits per heavy atom. The fraction of sp³-hybridized carbons (Fsp3) is 0.529. The van der Waals surface area contributed by atoms with E-state index in [0.717, 1.165) is 12.8 Å². The number of amides is 1. The fourth-order valence-electron chi connectivity index (χ4n) is 2.43. The summed E-state index contributed by atoms with van der Waals surface area (Å²) in [5.41, 5.74) is -1.07. The van der Waals surface area contributed by atoms with Crippen LogP contribution in [0.1, 0.15) is 36.5 Å². The molecule has 0 aromatic heterocycles. The van der Waals surface area contributed by atoms with Crippen LogP contribution in [0.15, 0.2) is 18.2 Å². The highest BCUT2D eigenvalue weighted by atomic mass is 16.5. The number of aliphatic carboxylic acids is 1. The van der Waals surface area contributed by atoms with Crippen molar-refractivity contribution in [3.05, 3.63) is 23.8 Å². The molecule has 2 rings (SSSR count). The smallest absolute Gasteiger partial charge is 0.331 e. The van der Waals surface area contributed by atoms with Crippen LogP contribution >= 0.6 is 0 Å². The zero-order chi connectivity index (χ0) is 17.6. The van der Waals surface area contributed by atoms with Crippen LogP contribution in [0.5, 0.6) is 11.5 Å². The van der Waals surface area contributed by atoms with Gasteiger partial charge in [0.2, 0.25) is 0 Å². The molecule has 1 saturated heterocycles. The molecule has 7 nitrogen and oxygen atoms in total. The molecule has 2 N–H and O–H groups in total. The van der Waals surface area contributed by atoms with E-state index in [2.05, 4.69) is 12.2 Å². The van der Waals surface area contributed by atoms with Crippen molar-refractivity contribution < 1.29 is 28.9 Å². The molecule has 1 fully saturated rings. The number of carbonyl (C=O) groups is 2. The number of rotatable bonds is 8. The maximum absolute atomic E-state index is 12.4. The molecule has 1 unspecified atom stereocenters. The summed E-state index contributed by atoms with van der Waals surface area (Å²) < 4.78 is 16.0. The maximum Gasteiger partial charge on any atom is 0.331 e. The second kappa shape index (κ2) is 8.01. The maximum atomic E-state index is 12.4. The van der Waals surface area contributed by atoms with Crippen LogP contribution in [0.25, 0.3) is 0 Å². The van der Waals surface area contributed by atoms with Gasteiger partial charge in [0, 0.05) is 18.6 Å². The number of unbranched alkanes of at least 4 members (excludes halogenated alkanes) is 1. The second-order valence-corrected chi connectivity index (χ2v) is 5.71. The normalized spacial score (nSPS) is 19.8. The molecule has 1 aliphatic heterocycles. The van der Waals surface area contributed by atoms with Crippen LogP contribution in [0, 0.1) is 0 Å². The van der Waals surface area contributed by atoms with E-state index in [1.165, 1.54) is 7.11 Å². The predicted octanol–water partition coefficient (Wildman–Crippen LogP) is 1.85. The molecule has 0 saturated carbocycles. The van der Waals surface area contributed by atoms with Crippen molar-refractivity contribution in [1.82, 2.24) is 5.32 Å². The molecule has 132 valence electrons. The first-order chi connectivity index (χ1) is 11.5. The van der Waals surface area contributed by atoms with Gasteiger partial charge < -0.3 is 24.6 Å². The number of carbonyl (C=O) groups excluding carboxylic acids is 1. The zero-order valence-corrected chi connectivity index (χ0v) is 14.0. The van der Waals surface area contributed by atoms with Crippen molar-refractivity contribution in [3.8, 4) is 11.5 Å². The van der Waals surface area contributed by atoms with Gasteiger partial charge in [0.15, 0.2) is 17.0 Å². The fourth-order valence-corrected chi connectivity index (χ4v) is 2.43. The van der Waals surface area contributed by atoms with E-state index in [4.69, 9.17) is 14.2 Å². The molecule has 1 amide bonds. The van der Waals surface area contributed by atoms with E-state index in [1.54, 1.807) is 18.2 Å². The highest BCUT2D eigenvalue weighted by Gasteiger charge is 2.44. The summed E-state index contributed by atoms with van der Waals surface area (Å²) in [5.74, 6) is -0.591. The minimum atomic E-state index is -1.37. The molecule has 1 atom stereocenters. The third kappa shape index (κ3) is 3.97. The van der Waals surface area contributed by atoms with Gasteiger partial charge in [-0.3, -0.25) is 4.79 Å². The number of ether oxygens (including phenoxy) is 3. The first-order valence-electron chi connectivity index (χ1n) is 7.97. The molecule has 1 heterocycles. The third-order valence-corrected chi connectivity index (χ3v) is 3.97. The first kappa shape index (κ1) is 18.1. The van der Waals surface area contributed by atoms with Crippen molar-refractivity contribution >= 4 is 11.9 Å². The van der Waals surface area contributed by atoms with Crippen molar-refractivity contribution in [2.45, 2.75) is 31.7 Å². The summed E-state index contributed by atoms with van der Waals surface area (Å²) in [6.07, 6.45) is 2.18. The Labute approximate surface area is 140 Å². The predicted molar refractivity (Wildman–Crippen MR) is 86.7 cm³/mol. The molecule has 0 radical (unpaired) electrons. The van der Waals surface area contributed by atoms with Crippen LogP contribution < -0.4 is 14.8 Å². The van der Waals surface area contributed by atoms with Crippen LogP contribution in [0.3, 0.4) is 0 Å². The minimum Gasteiger partial charge on any atom is -0.493 e. The lowest BCUT2D eigenvalue weighted by molar-refractivity contribution is -0.144. The number of hydrogen-bond acceptors (Lipinski definition) is 5. The number of carboxylic acids is 1. The molecular formula is C17H23NO6. The molecule has 1 aliphatic rings. The Morgan fingerprint density at radius 1 is 1.38 bits per heavy atom. The third-order valence-electron chi connectivity index (χ3n) is 3.97. The lowest BCUT2D eigenvalue weighted by atomic mass is 9.98. The highest BCUT2D eigenvalue weighted by Crippen LogP contribution is 2.29. The van der Waals surface area contributed by atoms with E-state index in [-0.39, 0.29) is 13.0 Å². The molecular weight excluding hydrogens is 314 g/mol. The van der Waals surface area contributed by atoms with Gasteiger partial charge in [0.1, 0.15) is 0 Å². The van der Waals surface area contributed by atoms with Crippen LogP contribution in [0.4, 0.5) is 0 Å². The van der Waals surface area contributed by atoms with Crippen molar-refractivity contribution in [2.24, 2.45) is 0 Å². The second-order valence-electron chi connectivity index (χ2n) is 5.71. The monoisotopic (exact) mass is 337 g/mol. The summed E-state index contributed by atoms with van der Waals surface area (Å²) in [6.45, 7) is 2.90. The summed E-state index contributed by atoms with van der Waals surface area (Å²) in [5, 5.41) is 12.0. The number of hydrogen-bond donors (Lipinski definition) is 2. The average molecular weight is 337 g/mol. The van der Waals surface area contributed by atoms with Crippen LogP contribution in [-0.4, -0.2) is 49.5 Å². The molecule has 0 spiro atoms. The van der Waals surface area contributed by atoms with E-state index in [0.29, 0.717) is 30.3 Å². The van der Waals surface area contributed by atoms with Crippen LogP contribution in [-0.2, 0) is 9.53 Å². The Hall–Kier alpha value is -2.28. The summed E-state index contributed by atoms with van der Waals surface area (Å²) >= 11 is 0. The van der Waals surface area contributed by atoms with Gasteiger partial charge in [-0.25, -0.2) is 4.79 Å². The molecule has 1 aromatic rings. The Kier molecular flexibility index (Phi) is 6.03. The van der Waals surface area contributed by atoms with Gasteiger partial charge in [-0.15, -0.1) is 0 Å². The Bertz CT molecular complexity index is 595. The van der Waals surface area contributed by atoms with Gasteiger partial charge in [-0.2, -0.15) is 0 Å². The van der Waals surface area contributed by atoms with Crippen molar-refractivity contribution in [3.63, 3.8) is 0 Å². The molecule has 0 aliphatic carbocycles. The summed E-state index contributed by atoms with van der Waals surface area (Å²) in [7, 11) is 1.49. The number of methoxy groups -OCH3 is 1. The number of nitrogens with one attached hydrogen (secondary N) is 1. The topological polar surface area (TPSA) is 94.1 Å². The Morgan fingerprint density at radius 2 is 2.17 bits per heavy atom. The average Bonchev–Trinajstić information content (AvgIpc) is 3.05. The number of carboxylic acid groups (broad SMARTS) is 1. The molecule has 7 heteroatoms. The first-order valence-corrected chi connectivity index (χ1v) is 7.97. The quantitative estimate of drug-likeness (QED) is 0.703. The largest absolute Gasteiger partial charge is 0.493 e. The minimum absolute atomic E-state index is 0.0383. The SMILES string of the molecule is CCCCOc1ccc(C(=O)NC2(C(=O)O)CCOC2)cc1OC. The Balaban J connectivity index is 2.13. The lowest BCUT2D eigenvalue weighted by Crippen LogP contribution is -2.55. The highest BCUT2D eigenvalue weighted by molar-refractivity contribution is 5.98. The van der Waals surface area contributed by atoms with Gasteiger partial charge >= 0.3 is 5.97 Å². The van der Waals surface area contributed by atoms with Crippen molar-refractivity contribution in [1.29, 1.82) is 0 Å². The molecule has 1 aromatic carbocycles. The van der Waals surface area contributed by atoms with E-state index >= 15 is 0 Å². The van der Waals surface area contributed by atoms with E-state index < -0.39 is 17.4 Å². The van der Waals surface area contributed by atoms with Gasteiger partial charge in [-0.1, -0.05) is 13.3 Å². The van der Waals surface area contributed by atoms with Crippen LogP contribution in [0.2, 0.25) is 0 Å². The van der Waals surface area contributed by atoms with E-state index in [1.807, 2.05) is 0 Å². The lowest BCUT2D eigenvalue weighted by Gasteiger charge is -2.23. The summed E-state index contributed by atoms with van der Waals surface area (Å²) in [6, 6.07) is 4.79. The van der Waals surface area contributed by atoms with E-state index in [9.17, 15) is 14.7 Å². The van der Waals surface area contributed by atoms with Gasteiger partial charge in [0.25, 0.3) is 5.91 Å².